The first-order valence-electron chi connectivity index (χ1n) is 8.17. The molecule has 4 nitrogen and oxygen atoms in total. The van der Waals surface area contributed by atoms with Gasteiger partial charge in [0, 0.05) is 19.0 Å². The number of allylic oxidation sites excluding steroid dienone is 1. The summed E-state index contributed by atoms with van der Waals surface area (Å²) in [5.41, 5.74) is 2.67. The van der Waals surface area contributed by atoms with Gasteiger partial charge in [0.05, 0.1) is 12.7 Å². The van der Waals surface area contributed by atoms with Crippen molar-refractivity contribution >= 4 is 6.03 Å². The monoisotopic (exact) mass is 300 g/mol. The van der Waals surface area contributed by atoms with Gasteiger partial charge in [-0.2, -0.15) is 0 Å². The second kappa shape index (κ2) is 7.45. The van der Waals surface area contributed by atoms with Crippen molar-refractivity contribution in [2.75, 3.05) is 19.7 Å². The van der Waals surface area contributed by atoms with Crippen LogP contribution >= 0.6 is 0 Å². The molecule has 1 aliphatic carbocycles. The van der Waals surface area contributed by atoms with Crippen LogP contribution in [-0.4, -0.2) is 31.8 Å². The molecule has 1 saturated heterocycles. The summed E-state index contributed by atoms with van der Waals surface area (Å²) in [7, 11) is 0. The second-order valence-electron chi connectivity index (χ2n) is 6.12. The third-order valence-electron chi connectivity index (χ3n) is 4.45. The number of ether oxygens (including phenoxy) is 1. The van der Waals surface area contributed by atoms with E-state index in [9.17, 15) is 4.79 Å². The number of carbonyl (C=O) groups excluding carboxylic acids is 1. The molecule has 0 radical (unpaired) electrons. The summed E-state index contributed by atoms with van der Waals surface area (Å²) in [5, 5.41) is 5.84. The predicted octanol–water partition coefficient (Wildman–Crippen LogP) is 2.97. The maximum absolute atomic E-state index is 11.8. The van der Waals surface area contributed by atoms with Crippen LogP contribution in [0.3, 0.4) is 0 Å². The van der Waals surface area contributed by atoms with E-state index < -0.39 is 0 Å². The molecule has 2 amide bonds. The summed E-state index contributed by atoms with van der Waals surface area (Å²) in [5.74, 6) is 0.444. The van der Waals surface area contributed by atoms with Gasteiger partial charge in [-0.15, -0.1) is 0 Å². The Morgan fingerprint density at radius 1 is 1.23 bits per heavy atom. The van der Waals surface area contributed by atoms with Crippen LogP contribution in [0.1, 0.15) is 37.2 Å². The quantitative estimate of drug-likeness (QED) is 0.821. The number of amides is 2. The van der Waals surface area contributed by atoms with Crippen molar-refractivity contribution in [2.24, 2.45) is 0 Å². The number of hydrogen-bond donors (Lipinski definition) is 2. The fraction of sp³-hybridized carbons (Fsp3) is 0.500. The lowest BCUT2D eigenvalue weighted by Crippen LogP contribution is -2.40. The van der Waals surface area contributed by atoms with Crippen molar-refractivity contribution in [3.05, 3.63) is 47.5 Å². The van der Waals surface area contributed by atoms with E-state index in [0.29, 0.717) is 19.0 Å². The Labute approximate surface area is 131 Å². The molecule has 0 spiro atoms. The van der Waals surface area contributed by atoms with Gasteiger partial charge in [0.2, 0.25) is 0 Å². The fourth-order valence-corrected chi connectivity index (χ4v) is 3.17. The number of hydrogen-bond acceptors (Lipinski definition) is 2. The Morgan fingerprint density at radius 3 is 2.86 bits per heavy atom. The standard InChI is InChI=1S/C18H24N2O2/c21-18(19-11-14-6-4-5-7-14)20-12-17-10-16(13-22-17)15-8-2-1-3-9-15/h1-3,6,8-9,16-17H,4-5,7,10-13H2,(H2,19,20,21)/t16-,17-/m0/s1. The molecule has 1 aromatic carbocycles. The van der Waals surface area contributed by atoms with Crippen molar-refractivity contribution in [2.45, 2.75) is 37.7 Å². The van der Waals surface area contributed by atoms with E-state index in [4.69, 9.17) is 4.74 Å². The first-order valence-corrected chi connectivity index (χ1v) is 8.17. The lowest BCUT2D eigenvalue weighted by atomic mass is 9.96. The molecular weight excluding hydrogens is 276 g/mol. The SMILES string of the molecule is O=C(NCC1=CCCC1)NC[C@@H]1C[C@H](c2ccccc2)CO1. The van der Waals surface area contributed by atoms with Gasteiger partial charge in [0.15, 0.2) is 0 Å². The van der Waals surface area contributed by atoms with E-state index >= 15 is 0 Å². The molecule has 1 fully saturated rings. The van der Waals surface area contributed by atoms with Crippen LogP contribution in [0, 0.1) is 0 Å². The van der Waals surface area contributed by atoms with Gasteiger partial charge >= 0.3 is 6.03 Å². The first-order chi connectivity index (χ1) is 10.8. The largest absolute Gasteiger partial charge is 0.376 e. The zero-order valence-electron chi connectivity index (χ0n) is 12.9. The second-order valence-corrected chi connectivity index (χ2v) is 6.12. The van der Waals surface area contributed by atoms with Gasteiger partial charge in [-0.25, -0.2) is 4.79 Å². The highest BCUT2D eigenvalue weighted by Gasteiger charge is 2.26. The zero-order valence-corrected chi connectivity index (χ0v) is 12.9. The van der Waals surface area contributed by atoms with Gasteiger partial charge in [0.1, 0.15) is 0 Å². The Bertz CT molecular complexity index is 527. The van der Waals surface area contributed by atoms with E-state index in [1.54, 1.807) is 0 Å². The molecule has 118 valence electrons. The third-order valence-corrected chi connectivity index (χ3v) is 4.45. The molecule has 1 aliphatic heterocycles. The van der Waals surface area contributed by atoms with Gasteiger partial charge in [-0.05, 0) is 31.2 Å². The minimum atomic E-state index is -0.0976. The maximum atomic E-state index is 11.8. The average molecular weight is 300 g/mol. The van der Waals surface area contributed by atoms with Crippen molar-refractivity contribution in [1.29, 1.82) is 0 Å². The normalized spacial score (nSPS) is 24.1. The van der Waals surface area contributed by atoms with Crippen LogP contribution in [0.5, 0.6) is 0 Å². The topological polar surface area (TPSA) is 50.4 Å². The molecule has 0 saturated carbocycles. The summed E-state index contributed by atoms with van der Waals surface area (Å²) in [6.07, 6.45) is 6.79. The van der Waals surface area contributed by atoms with Crippen LogP contribution in [0.2, 0.25) is 0 Å². The number of nitrogens with one attached hydrogen (secondary N) is 2. The molecule has 2 atom stereocenters. The van der Waals surface area contributed by atoms with Crippen LogP contribution in [-0.2, 0) is 4.74 Å². The summed E-state index contributed by atoms with van der Waals surface area (Å²) in [6, 6.07) is 10.3. The Morgan fingerprint density at radius 2 is 2.09 bits per heavy atom. The van der Waals surface area contributed by atoms with Gasteiger partial charge in [-0.1, -0.05) is 42.0 Å². The number of benzene rings is 1. The molecule has 2 aliphatic rings. The Balaban J connectivity index is 1.36. The van der Waals surface area contributed by atoms with Crippen LogP contribution in [0.4, 0.5) is 4.79 Å². The van der Waals surface area contributed by atoms with Crippen LogP contribution in [0.25, 0.3) is 0 Å². The van der Waals surface area contributed by atoms with E-state index in [-0.39, 0.29) is 12.1 Å². The molecule has 0 aromatic heterocycles. The average Bonchev–Trinajstić information content (AvgIpc) is 3.23. The zero-order chi connectivity index (χ0) is 15.2. The molecule has 1 aromatic rings. The summed E-state index contributed by atoms with van der Waals surface area (Å²) in [4.78, 5) is 11.8. The van der Waals surface area contributed by atoms with E-state index in [1.807, 2.05) is 6.07 Å². The van der Waals surface area contributed by atoms with Crippen molar-refractivity contribution in [3.8, 4) is 0 Å². The molecule has 0 unspecified atom stereocenters. The van der Waals surface area contributed by atoms with Crippen molar-refractivity contribution < 1.29 is 9.53 Å². The highest BCUT2D eigenvalue weighted by molar-refractivity contribution is 5.74. The third kappa shape index (κ3) is 4.10. The highest BCUT2D eigenvalue weighted by atomic mass is 16.5. The predicted molar refractivity (Wildman–Crippen MR) is 86.9 cm³/mol. The van der Waals surface area contributed by atoms with Crippen LogP contribution in [0.15, 0.2) is 42.0 Å². The van der Waals surface area contributed by atoms with Gasteiger partial charge < -0.3 is 15.4 Å². The molecule has 2 N–H and O–H groups in total. The molecule has 3 rings (SSSR count). The van der Waals surface area contributed by atoms with E-state index in [0.717, 1.165) is 25.9 Å². The van der Waals surface area contributed by atoms with E-state index in [1.165, 1.54) is 17.6 Å². The van der Waals surface area contributed by atoms with E-state index in [2.05, 4.69) is 41.0 Å². The fourth-order valence-electron chi connectivity index (χ4n) is 3.17. The minimum absolute atomic E-state index is 0.0976. The number of rotatable bonds is 5. The summed E-state index contributed by atoms with van der Waals surface area (Å²) < 4.78 is 5.79. The Hall–Kier alpha value is -1.81. The minimum Gasteiger partial charge on any atom is -0.376 e. The highest BCUT2D eigenvalue weighted by Crippen LogP contribution is 2.28. The molecule has 22 heavy (non-hydrogen) atoms. The first kappa shape index (κ1) is 15.1. The smallest absolute Gasteiger partial charge is 0.315 e. The lowest BCUT2D eigenvalue weighted by molar-refractivity contribution is 0.110. The van der Waals surface area contributed by atoms with Crippen molar-refractivity contribution in [3.63, 3.8) is 0 Å². The number of urea groups is 1. The number of carbonyl (C=O) groups is 1. The summed E-state index contributed by atoms with van der Waals surface area (Å²) in [6.45, 7) is 1.99. The Kier molecular flexibility index (Phi) is 5.11. The molecule has 0 bridgehead atoms. The van der Waals surface area contributed by atoms with Crippen molar-refractivity contribution in [1.82, 2.24) is 10.6 Å². The lowest BCUT2D eigenvalue weighted by Gasteiger charge is -2.12. The maximum Gasteiger partial charge on any atom is 0.315 e. The van der Waals surface area contributed by atoms with Gasteiger partial charge in [-0.3, -0.25) is 0 Å². The van der Waals surface area contributed by atoms with Gasteiger partial charge in [0.25, 0.3) is 0 Å². The summed E-state index contributed by atoms with van der Waals surface area (Å²) >= 11 is 0. The molecule has 1 heterocycles. The molecule has 4 heteroatoms. The molecular formula is C18H24N2O2. The van der Waals surface area contributed by atoms with Crippen LogP contribution < -0.4 is 10.6 Å².